The fourth-order valence-corrected chi connectivity index (χ4v) is 2.76. The zero-order valence-corrected chi connectivity index (χ0v) is 14.0. The number of hydrogen-bond donors (Lipinski definition) is 1. The van der Waals surface area contributed by atoms with Gasteiger partial charge in [-0.25, -0.2) is 0 Å². The number of anilines is 1. The summed E-state index contributed by atoms with van der Waals surface area (Å²) in [6.45, 7) is 6.58. The smallest absolute Gasteiger partial charge is 0.227 e. The fourth-order valence-electron chi connectivity index (χ4n) is 2.76. The second-order valence-corrected chi connectivity index (χ2v) is 6.38. The van der Waals surface area contributed by atoms with E-state index in [2.05, 4.69) is 5.32 Å². The highest BCUT2D eigenvalue weighted by Crippen LogP contribution is 2.21. The van der Waals surface area contributed by atoms with Crippen molar-refractivity contribution in [2.45, 2.75) is 33.6 Å². The van der Waals surface area contributed by atoms with Gasteiger partial charge in [-0.15, -0.1) is 0 Å². The molecular formula is C18H24N2O3. The van der Waals surface area contributed by atoms with Crippen molar-refractivity contribution in [3.63, 3.8) is 0 Å². The number of piperidine rings is 1. The summed E-state index contributed by atoms with van der Waals surface area (Å²) in [4.78, 5) is 37.3. The molecule has 1 heterocycles. The first-order valence-corrected chi connectivity index (χ1v) is 8.09. The lowest BCUT2D eigenvalue weighted by atomic mass is 9.95. The van der Waals surface area contributed by atoms with E-state index in [1.807, 2.05) is 18.7 Å². The number of likely N-dealkylation sites (tertiary alicyclic amines) is 1. The van der Waals surface area contributed by atoms with Gasteiger partial charge in [0, 0.05) is 36.2 Å². The van der Waals surface area contributed by atoms with Gasteiger partial charge < -0.3 is 10.2 Å². The predicted octanol–water partition coefficient (Wildman–Crippen LogP) is 2.72. The molecule has 1 aromatic rings. The largest absolute Gasteiger partial charge is 0.342 e. The number of benzene rings is 1. The molecule has 2 rings (SSSR count). The molecule has 0 bridgehead atoms. The Morgan fingerprint density at radius 3 is 2.13 bits per heavy atom. The molecule has 1 N–H and O–H groups in total. The minimum atomic E-state index is -0.0707. The number of hydrogen-bond acceptors (Lipinski definition) is 3. The molecule has 1 fully saturated rings. The van der Waals surface area contributed by atoms with Crippen LogP contribution in [0.2, 0.25) is 0 Å². The summed E-state index contributed by atoms with van der Waals surface area (Å²) in [5.41, 5.74) is 1.32. The summed E-state index contributed by atoms with van der Waals surface area (Å²) in [6.07, 6.45) is 1.38. The molecule has 0 aromatic heterocycles. The number of rotatable bonds is 4. The number of nitrogens with one attached hydrogen (secondary N) is 1. The Hall–Kier alpha value is -2.17. The summed E-state index contributed by atoms with van der Waals surface area (Å²) >= 11 is 0. The van der Waals surface area contributed by atoms with Crippen LogP contribution >= 0.6 is 0 Å². The van der Waals surface area contributed by atoms with Gasteiger partial charge in [0.05, 0.1) is 0 Å². The average molecular weight is 316 g/mol. The normalized spacial score (nSPS) is 15.6. The number of Topliss-reactive ketones (excluding diaryl/α,β-unsaturated/α-hetero) is 1. The molecule has 23 heavy (non-hydrogen) atoms. The van der Waals surface area contributed by atoms with Crippen LogP contribution < -0.4 is 5.32 Å². The van der Waals surface area contributed by atoms with Crippen molar-refractivity contribution in [3.05, 3.63) is 29.8 Å². The number of carbonyl (C=O) groups excluding carboxylic acids is 3. The Morgan fingerprint density at radius 2 is 1.65 bits per heavy atom. The maximum absolute atomic E-state index is 12.3. The lowest BCUT2D eigenvalue weighted by Gasteiger charge is -2.32. The molecule has 124 valence electrons. The van der Waals surface area contributed by atoms with Crippen molar-refractivity contribution in [2.24, 2.45) is 11.8 Å². The van der Waals surface area contributed by atoms with Crippen LogP contribution in [0.1, 0.15) is 44.0 Å². The average Bonchev–Trinajstić information content (AvgIpc) is 2.54. The van der Waals surface area contributed by atoms with Crippen LogP contribution in [0, 0.1) is 11.8 Å². The van der Waals surface area contributed by atoms with Crippen LogP contribution in [0.15, 0.2) is 24.3 Å². The Balaban J connectivity index is 1.88. The van der Waals surface area contributed by atoms with Gasteiger partial charge in [-0.1, -0.05) is 13.8 Å². The third-order valence-corrected chi connectivity index (χ3v) is 4.23. The molecule has 0 aliphatic carbocycles. The summed E-state index contributed by atoms with van der Waals surface area (Å²) in [5, 5.41) is 2.89. The Kier molecular flexibility index (Phi) is 5.53. The first kappa shape index (κ1) is 17.2. The summed E-state index contributed by atoms with van der Waals surface area (Å²) in [5.74, 6) is 0.0739. The van der Waals surface area contributed by atoms with Gasteiger partial charge in [-0.05, 0) is 44.0 Å². The van der Waals surface area contributed by atoms with E-state index >= 15 is 0 Å². The monoisotopic (exact) mass is 316 g/mol. The van der Waals surface area contributed by atoms with Crippen molar-refractivity contribution in [2.75, 3.05) is 18.4 Å². The predicted molar refractivity (Wildman–Crippen MR) is 89.2 cm³/mol. The van der Waals surface area contributed by atoms with Crippen LogP contribution in [0.25, 0.3) is 0 Å². The number of nitrogens with zero attached hydrogens (tertiary/aromatic N) is 1. The summed E-state index contributed by atoms with van der Waals surface area (Å²) < 4.78 is 0. The second kappa shape index (κ2) is 7.40. The first-order valence-electron chi connectivity index (χ1n) is 8.09. The van der Waals surface area contributed by atoms with Crippen LogP contribution in [-0.4, -0.2) is 35.6 Å². The number of carbonyl (C=O) groups is 3. The first-order chi connectivity index (χ1) is 10.9. The van der Waals surface area contributed by atoms with Gasteiger partial charge >= 0.3 is 0 Å². The van der Waals surface area contributed by atoms with Gasteiger partial charge in [0.2, 0.25) is 11.8 Å². The quantitative estimate of drug-likeness (QED) is 0.869. The molecule has 1 aliphatic heterocycles. The van der Waals surface area contributed by atoms with E-state index < -0.39 is 0 Å². The Bertz CT molecular complexity index is 585. The molecule has 5 nitrogen and oxygen atoms in total. The highest BCUT2D eigenvalue weighted by molar-refractivity contribution is 5.96. The molecular weight excluding hydrogens is 292 g/mol. The van der Waals surface area contributed by atoms with Crippen LogP contribution in [0.5, 0.6) is 0 Å². The highest BCUT2D eigenvalue weighted by Gasteiger charge is 2.28. The van der Waals surface area contributed by atoms with Crippen molar-refractivity contribution in [3.8, 4) is 0 Å². The molecule has 1 saturated heterocycles. The van der Waals surface area contributed by atoms with Gasteiger partial charge in [-0.2, -0.15) is 0 Å². The maximum atomic E-state index is 12.3. The van der Waals surface area contributed by atoms with Crippen molar-refractivity contribution < 1.29 is 14.4 Å². The molecule has 0 saturated carbocycles. The van der Waals surface area contributed by atoms with Crippen LogP contribution in [-0.2, 0) is 9.59 Å². The van der Waals surface area contributed by atoms with Crippen molar-refractivity contribution in [1.29, 1.82) is 0 Å². The third-order valence-electron chi connectivity index (χ3n) is 4.23. The van der Waals surface area contributed by atoms with Crippen LogP contribution in [0.3, 0.4) is 0 Å². The lowest BCUT2D eigenvalue weighted by Crippen LogP contribution is -2.43. The van der Waals surface area contributed by atoms with Gasteiger partial charge in [0.15, 0.2) is 5.78 Å². The molecule has 0 spiro atoms. The number of ketones is 1. The zero-order valence-electron chi connectivity index (χ0n) is 14.0. The van der Waals surface area contributed by atoms with Crippen LogP contribution in [0.4, 0.5) is 5.69 Å². The second-order valence-electron chi connectivity index (χ2n) is 6.38. The van der Waals surface area contributed by atoms with E-state index in [9.17, 15) is 14.4 Å². The molecule has 1 aromatic carbocycles. The molecule has 0 atom stereocenters. The minimum Gasteiger partial charge on any atom is -0.342 e. The molecule has 5 heteroatoms. The minimum absolute atomic E-state index is 0.000155. The van der Waals surface area contributed by atoms with Crippen molar-refractivity contribution in [1.82, 2.24) is 4.90 Å². The van der Waals surface area contributed by atoms with E-state index in [0.29, 0.717) is 37.2 Å². The SMILES string of the molecule is CC(=O)c1ccc(NC(=O)C2CCN(C(=O)C(C)C)CC2)cc1. The third kappa shape index (κ3) is 4.41. The number of amides is 2. The Labute approximate surface area is 137 Å². The van der Waals surface area contributed by atoms with Crippen molar-refractivity contribution >= 4 is 23.3 Å². The molecule has 0 radical (unpaired) electrons. The van der Waals surface area contributed by atoms with E-state index in [4.69, 9.17) is 0 Å². The summed E-state index contributed by atoms with van der Waals surface area (Å²) in [7, 11) is 0. The zero-order chi connectivity index (χ0) is 17.0. The van der Waals surface area contributed by atoms with E-state index in [1.54, 1.807) is 24.3 Å². The summed E-state index contributed by atoms with van der Waals surface area (Å²) in [6, 6.07) is 6.90. The fraction of sp³-hybridized carbons (Fsp3) is 0.500. The lowest BCUT2D eigenvalue weighted by molar-refractivity contribution is -0.137. The van der Waals surface area contributed by atoms with Gasteiger partial charge in [0.1, 0.15) is 0 Å². The molecule has 1 aliphatic rings. The van der Waals surface area contributed by atoms with Gasteiger partial charge in [0.25, 0.3) is 0 Å². The van der Waals surface area contributed by atoms with E-state index in [-0.39, 0.29) is 29.4 Å². The van der Waals surface area contributed by atoms with Gasteiger partial charge in [-0.3, -0.25) is 14.4 Å². The standard InChI is InChI=1S/C18H24N2O3/c1-12(2)18(23)20-10-8-15(9-11-20)17(22)19-16-6-4-14(5-7-16)13(3)21/h4-7,12,15H,8-11H2,1-3H3,(H,19,22). The highest BCUT2D eigenvalue weighted by atomic mass is 16.2. The van der Waals surface area contributed by atoms with E-state index in [0.717, 1.165) is 0 Å². The molecule has 0 unspecified atom stereocenters. The van der Waals surface area contributed by atoms with E-state index in [1.165, 1.54) is 6.92 Å². The maximum Gasteiger partial charge on any atom is 0.227 e. The topological polar surface area (TPSA) is 66.5 Å². The molecule has 2 amide bonds. The Morgan fingerprint density at radius 1 is 1.09 bits per heavy atom.